The molecule has 5 rings (SSSR count). The van der Waals surface area contributed by atoms with Crippen molar-refractivity contribution in [1.82, 2.24) is 15.2 Å². The number of carbonyl (C=O) groups is 5. The van der Waals surface area contributed by atoms with E-state index in [-0.39, 0.29) is 43.7 Å². The first-order valence-corrected chi connectivity index (χ1v) is 18.4. The number of aliphatic carboxylic acids is 2. The zero-order valence-electron chi connectivity index (χ0n) is 27.1. The summed E-state index contributed by atoms with van der Waals surface area (Å²) < 4.78 is 0.487. The van der Waals surface area contributed by atoms with E-state index >= 15 is 0 Å². The second-order valence-electron chi connectivity index (χ2n) is 12.4. The van der Waals surface area contributed by atoms with Crippen molar-refractivity contribution in [2.24, 2.45) is 11.1 Å². The molecule has 2 unspecified atom stereocenters. The Hall–Kier alpha value is -4.10. The number of Topliss-reactive ketones (excluding diaryl/α,β-unsaturated/α-hetero) is 1. The molecule has 0 spiro atoms. The number of oxime groups is 1. The molecule has 2 saturated heterocycles. The van der Waals surface area contributed by atoms with Gasteiger partial charge >= 0.3 is 11.9 Å². The van der Waals surface area contributed by atoms with Crippen molar-refractivity contribution in [3.05, 3.63) is 44.0 Å². The van der Waals surface area contributed by atoms with E-state index in [9.17, 15) is 44.4 Å². The average molecular weight is 787 g/mol. The van der Waals surface area contributed by atoms with Gasteiger partial charge in [0, 0.05) is 17.7 Å². The SMILES string of the molecule is C[C@H](O/N=C(\C(=O)CC1C(=O)N2C(C(=O)O)=C(C[N+]3(CCNC(=O)c4ccc(O)c(O)c4Cl)CCCCC3)CSC12)c1nc(N)sc1Cl)C(=O)O. The molecule has 16 nitrogen and oxygen atoms in total. The minimum atomic E-state index is -1.41. The average Bonchev–Trinajstić information content (AvgIpc) is 3.42. The number of β-lactam (4-membered cyclic amide) rings is 1. The van der Waals surface area contributed by atoms with E-state index in [1.165, 1.54) is 29.7 Å². The van der Waals surface area contributed by atoms with Crippen LogP contribution in [0, 0.1) is 5.92 Å². The van der Waals surface area contributed by atoms with Crippen LogP contribution in [0.3, 0.4) is 0 Å². The third kappa shape index (κ3) is 8.04. The number of piperidine rings is 1. The number of aromatic hydroxyl groups is 2. The zero-order valence-corrected chi connectivity index (χ0v) is 30.3. The lowest BCUT2D eigenvalue weighted by Crippen LogP contribution is -2.63. The number of nitrogens with zero attached hydrogens (tertiary/aromatic N) is 4. The summed E-state index contributed by atoms with van der Waals surface area (Å²) in [5.74, 6) is -6.11. The van der Waals surface area contributed by atoms with Gasteiger partial charge in [-0.1, -0.05) is 39.7 Å². The predicted octanol–water partition coefficient (Wildman–Crippen LogP) is 2.90. The van der Waals surface area contributed by atoms with Crippen molar-refractivity contribution in [2.45, 2.75) is 44.1 Å². The normalized spacial score (nSPS) is 20.6. The fourth-order valence-corrected chi connectivity index (χ4v) is 8.96. The monoisotopic (exact) mass is 785 g/mol. The lowest BCUT2D eigenvalue weighted by molar-refractivity contribution is -0.927. The number of amides is 2. The van der Waals surface area contributed by atoms with Gasteiger partial charge in [-0.25, -0.2) is 14.6 Å². The number of nitrogen functional groups attached to an aromatic ring is 1. The predicted molar refractivity (Wildman–Crippen MR) is 188 cm³/mol. The van der Waals surface area contributed by atoms with Crippen molar-refractivity contribution in [2.75, 3.05) is 44.2 Å². The first-order valence-electron chi connectivity index (χ1n) is 15.8. The molecule has 3 aliphatic rings. The lowest BCUT2D eigenvalue weighted by atomic mass is 9.89. The number of anilines is 1. The molecule has 0 aliphatic carbocycles. The third-order valence-corrected chi connectivity index (χ3v) is 11.9. The number of carboxylic acid groups (broad SMARTS) is 2. The molecule has 7 N–H and O–H groups in total. The van der Waals surface area contributed by atoms with E-state index in [1.807, 2.05) is 0 Å². The number of likely N-dealkylation sites (tertiary alicyclic amines) is 1. The van der Waals surface area contributed by atoms with E-state index in [2.05, 4.69) is 15.5 Å². The van der Waals surface area contributed by atoms with Crippen molar-refractivity contribution < 1.29 is 53.7 Å². The summed E-state index contributed by atoms with van der Waals surface area (Å²) in [6.07, 6.45) is 0.971. The smallest absolute Gasteiger partial charge is 0.352 e. The maximum atomic E-state index is 13.6. The number of halogens is 2. The number of ketones is 1. The van der Waals surface area contributed by atoms with Gasteiger partial charge in [-0.3, -0.25) is 19.3 Å². The van der Waals surface area contributed by atoms with Crippen molar-refractivity contribution in [3.8, 4) is 11.5 Å². The Kier molecular flexibility index (Phi) is 11.7. The molecule has 20 heteroatoms. The molecular weight excluding hydrogens is 751 g/mol. The Balaban J connectivity index is 1.31. The number of fused-ring (bicyclic) bond motifs is 1. The molecule has 0 bridgehead atoms. The number of carbonyl (C=O) groups excluding carboxylic acids is 3. The van der Waals surface area contributed by atoms with Crippen molar-refractivity contribution in [3.63, 3.8) is 0 Å². The molecule has 2 aromatic rings. The van der Waals surface area contributed by atoms with Gasteiger partial charge in [-0.15, -0.1) is 11.8 Å². The fraction of sp³-hybridized carbons (Fsp3) is 0.452. The number of thioether (sulfide) groups is 1. The van der Waals surface area contributed by atoms with Crippen LogP contribution in [0.2, 0.25) is 9.36 Å². The number of nitrogens with one attached hydrogen (secondary N) is 1. The van der Waals surface area contributed by atoms with Gasteiger partial charge in [-0.2, -0.15) is 0 Å². The number of quaternary nitrogens is 1. The third-order valence-electron chi connectivity index (χ3n) is 9.01. The molecule has 51 heavy (non-hydrogen) atoms. The van der Waals surface area contributed by atoms with Gasteiger partial charge in [0.15, 0.2) is 28.1 Å². The number of aromatic nitrogens is 1. The molecule has 1 aromatic heterocycles. The van der Waals surface area contributed by atoms with Crippen LogP contribution in [-0.4, -0.2) is 120 Å². The molecular formula is C31H35Cl2N6O10S2+. The minimum Gasteiger partial charge on any atom is -0.504 e. The number of rotatable bonds is 14. The fourth-order valence-electron chi connectivity index (χ4n) is 6.38. The first kappa shape index (κ1) is 38.1. The van der Waals surface area contributed by atoms with Crippen LogP contribution in [0.4, 0.5) is 5.13 Å². The summed E-state index contributed by atoms with van der Waals surface area (Å²) in [4.78, 5) is 74.1. The van der Waals surface area contributed by atoms with E-state index in [0.29, 0.717) is 23.1 Å². The summed E-state index contributed by atoms with van der Waals surface area (Å²) in [5.41, 5.74) is 5.63. The van der Waals surface area contributed by atoms with Crippen LogP contribution in [0.5, 0.6) is 11.5 Å². The van der Waals surface area contributed by atoms with E-state index in [0.717, 1.165) is 49.8 Å². The quantitative estimate of drug-likeness (QED) is 0.0532. The Morgan fingerprint density at radius 2 is 1.88 bits per heavy atom. The van der Waals surface area contributed by atoms with Crippen LogP contribution in [0.1, 0.15) is 48.7 Å². The molecule has 274 valence electrons. The highest BCUT2D eigenvalue weighted by molar-refractivity contribution is 8.00. The van der Waals surface area contributed by atoms with Crippen LogP contribution in [0.25, 0.3) is 0 Å². The van der Waals surface area contributed by atoms with Gasteiger partial charge < -0.3 is 40.8 Å². The summed E-state index contributed by atoms with van der Waals surface area (Å²) in [7, 11) is 0. The maximum Gasteiger partial charge on any atom is 0.352 e. The maximum absolute atomic E-state index is 13.6. The number of thiazole rings is 1. The van der Waals surface area contributed by atoms with Crippen molar-refractivity contribution in [1.29, 1.82) is 0 Å². The molecule has 3 atom stereocenters. The Bertz CT molecular complexity index is 1830. The van der Waals surface area contributed by atoms with Crippen LogP contribution >= 0.6 is 46.3 Å². The highest BCUT2D eigenvalue weighted by Gasteiger charge is 2.55. The number of nitrogens with two attached hydrogens (primary N) is 1. The molecule has 0 radical (unpaired) electrons. The number of phenols is 2. The molecule has 1 aromatic carbocycles. The largest absolute Gasteiger partial charge is 0.504 e. The second-order valence-corrected chi connectivity index (χ2v) is 15.5. The Morgan fingerprint density at radius 3 is 2.51 bits per heavy atom. The lowest BCUT2D eigenvalue weighted by Gasteiger charge is -2.50. The van der Waals surface area contributed by atoms with Gasteiger partial charge in [-0.05, 0) is 38.3 Å². The first-order chi connectivity index (χ1) is 24.1. The van der Waals surface area contributed by atoms with E-state index in [4.69, 9.17) is 33.8 Å². The Labute approximate surface area is 309 Å². The number of hydrogen-bond acceptors (Lipinski definition) is 13. The zero-order chi connectivity index (χ0) is 37.2. The molecule has 0 saturated carbocycles. The summed E-state index contributed by atoms with van der Waals surface area (Å²) in [6, 6.07) is 2.46. The van der Waals surface area contributed by atoms with Crippen molar-refractivity contribution >= 4 is 86.7 Å². The molecule has 2 amide bonds. The number of hydrogen-bond donors (Lipinski definition) is 6. The summed E-state index contributed by atoms with van der Waals surface area (Å²) >= 11 is 14.5. The molecule has 4 heterocycles. The highest BCUT2D eigenvalue weighted by Crippen LogP contribution is 2.46. The van der Waals surface area contributed by atoms with Crippen LogP contribution < -0.4 is 11.1 Å². The van der Waals surface area contributed by atoms with E-state index < -0.39 is 70.6 Å². The highest BCUT2D eigenvalue weighted by atomic mass is 35.5. The van der Waals surface area contributed by atoms with Crippen LogP contribution in [0.15, 0.2) is 28.6 Å². The van der Waals surface area contributed by atoms with Gasteiger partial charge in [0.2, 0.25) is 12.0 Å². The molecule has 2 fully saturated rings. The number of carboxylic acids is 2. The summed E-state index contributed by atoms with van der Waals surface area (Å²) in [5, 5.41) is 44.7. The Morgan fingerprint density at radius 1 is 1.18 bits per heavy atom. The molecule has 3 aliphatic heterocycles. The standard InChI is InChI=1S/C31H34Cl2N6O10S2/c1-14(29(45)46)49-37-21(22-25(33)51-31(34)36-22)19(41)11-17-27(44)38-23(30(47)48)15(13-50-28(17)38)12-39(8-3-2-4-9-39)10-7-35-26(43)16-5-6-18(40)24(42)20(16)32/h5-6,14,17,28H,2-4,7-13H2,1H3,(H6-,34,35,36,37,40,41,42,43,45,46,47,48)/p+1/t14-,17?,28?/m0/s1. The number of benzene rings is 1. The van der Waals surface area contributed by atoms with Gasteiger partial charge in [0.05, 0.1) is 48.1 Å². The minimum absolute atomic E-state index is 0.00774. The second kappa shape index (κ2) is 15.6. The topological polar surface area (TPSA) is 242 Å². The van der Waals surface area contributed by atoms with E-state index in [1.54, 1.807) is 0 Å². The van der Waals surface area contributed by atoms with Crippen LogP contribution in [-0.2, 0) is 24.0 Å². The van der Waals surface area contributed by atoms with Gasteiger partial charge in [0.1, 0.15) is 22.3 Å². The number of phenolic OH excluding ortho intramolecular Hbond substituents is 2. The summed E-state index contributed by atoms with van der Waals surface area (Å²) in [6.45, 7) is 3.65. The van der Waals surface area contributed by atoms with Gasteiger partial charge in [0.25, 0.3) is 5.91 Å².